The highest BCUT2D eigenvalue weighted by Crippen LogP contribution is 2.55. The molecule has 0 aromatic carbocycles. The van der Waals surface area contributed by atoms with Gasteiger partial charge in [-0.25, -0.2) is 0 Å². The summed E-state index contributed by atoms with van der Waals surface area (Å²) >= 11 is 0. The Balaban J connectivity index is 2.40. The molecular formula is C13H11F9O4S. The number of rotatable bonds is 5. The van der Waals surface area contributed by atoms with E-state index in [9.17, 15) is 47.9 Å². The molecule has 0 radical (unpaired) electrons. The third-order valence-electron chi connectivity index (χ3n) is 3.84. The van der Waals surface area contributed by atoms with Crippen LogP contribution in [-0.4, -0.2) is 42.9 Å². The lowest BCUT2D eigenvalue weighted by molar-refractivity contribution is -0.382. The van der Waals surface area contributed by atoms with Crippen LogP contribution >= 0.6 is 0 Å². The monoisotopic (exact) mass is 434 g/mol. The van der Waals surface area contributed by atoms with Crippen molar-refractivity contribution in [3.8, 4) is 0 Å². The largest absolute Gasteiger partial charge is 0.460 e. The van der Waals surface area contributed by atoms with Crippen molar-refractivity contribution in [2.45, 2.75) is 54.7 Å². The van der Waals surface area contributed by atoms with Crippen LogP contribution in [0, 0.1) is 0 Å². The molecule has 0 spiro atoms. The normalized spacial score (nSPS) is 29.7. The topological polar surface area (TPSA) is 52.6 Å². The van der Waals surface area contributed by atoms with E-state index < -0.39 is 56.8 Å². The predicted octanol–water partition coefficient (Wildman–Crippen LogP) is 4.15. The highest BCUT2D eigenvalue weighted by Gasteiger charge is 2.86. The Hall–Kier alpha value is -1.44. The molecule has 2 aliphatic rings. The van der Waals surface area contributed by atoms with Gasteiger partial charge >= 0.3 is 33.4 Å². The van der Waals surface area contributed by atoms with Gasteiger partial charge in [-0.3, -0.25) is 0 Å². The molecule has 0 aromatic rings. The molecule has 0 unspecified atom stereocenters. The fourth-order valence-corrected chi connectivity index (χ4v) is 3.50. The van der Waals surface area contributed by atoms with Gasteiger partial charge in [-0.05, 0) is 19.9 Å². The number of fused-ring (bicyclic) bond motifs is 2. The maximum absolute atomic E-state index is 13.6. The summed E-state index contributed by atoms with van der Waals surface area (Å²) in [5.74, 6) is -15.6. The van der Waals surface area contributed by atoms with Gasteiger partial charge in [0.1, 0.15) is 11.4 Å². The lowest BCUT2D eigenvalue weighted by atomic mass is 9.99. The fourth-order valence-electron chi connectivity index (χ4n) is 2.57. The van der Waals surface area contributed by atoms with Gasteiger partial charge in [0.25, 0.3) is 0 Å². The van der Waals surface area contributed by atoms with Crippen LogP contribution in [0.1, 0.15) is 20.3 Å². The molecule has 2 bridgehead atoms. The Morgan fingerprint density at radius 3 is 1.93 bits per heavy atom. The molecule has 4 nitrogen and oxygen atoms in total. The first-order valence-corrected chi connectivity index (χ1v) is 8.37. The highest BCUT2D eigenvalue weighted by molar-refractivity contribution is 7.88. The van der Waals surface area contributed by atoms with Gasteiger partial charge in [-0.1, -0.05) is 12.2 Å². The van der Waals surface area contributed by atoms with Crippen LogP contribution < -0.4 is 0 Å². The Kier molecular flexibility index (Phi) is 4.49. The number of ether oxygens (including phenoxy) is 1. The van der Waals surface area contributed by atoms with Crippen molar-refractivity contribution in [2.24, 2.45) is 0 Å². The average Bonchev–Trinajstić information content (AvgIpc) is 2.64. The minimum absolute atomic E-state index is 0.574. The van der Waals surface area contributed by atoms with Crippen molar-refractivity contribution < 1.29 is 56.9 Å². The van der Waals surface area contributed by atoms with E-state index in [-0.39, 0.29) is 0 Å². The van der Waals surface area contributed by atoms with Crippen LogP contribution in [0.4, 0.5) is 39.5 Å². The fraction of sp³-hybridized carbons (Fsp3) is 0.692. The van der Waals surface area contributed by atoms with Gasteiger partial charge < -0.3 is 8.92 Å². The first-order valence-electron chi connectivity index (χ1n) is 6.96. The second-order valence-corrected chi connectivity index (χ2v) is 8.01. The minimum Gasteiger partial charge on any atom is -0.383 e. The summed E-state index contributed by atoms with van der Waals surface area (Å²) in [4.78, 5) is 0. The minimum atomic E-state index is -7.34. The molecule has 0 aliphatic carbocycles. The van der Waals surface area contributed by atoms with Crippen molar-refractivity contribution in [1.29, 1.82) is 0 Å². The summed E-state index contributed by atoms with van der Waals surface area (Å²) in [6.45, 7) is 2.66. The Morgan fingerprint density at radius 2 is 1.48 bits per heavy atom. The summed E-state index contributed by atoms with van der Waals surface area (Å²) in [5, 5.41) is -6.90. The zero-order chi connectivity index (χ0) is 21.3. The number of hydrogen-bond donors (Lipinski definition) is 0. The molecule has 0 saturated heterocycles. The Bertz CT molecular complexity index is 799. The van der Waals surface area contributed by atoms with E-state index in [1.54, 1.807) is 0 Å². The smallest absolute Gasteiger partial charge is 0.383 e. The zero-order valence-electron chi connectivity index (χ0n) is 13.4. The summed E-state index contributed by atoms with van der Waals surface area (Å²) in [5.41, 5.74) is -2.65. The van der Waals surface area contributed by atoms with E-state index in [1.165, 1.54) is 26.0 Å². The van der Waals surface area contributed by atoms with Crippen LogP contribution in [0.3, 0.4) is 0 Å². The van der Waals surface area contributed by atoms with Gasteiger partial charge in [0, 0.05) is 6.42 Å². The van der Waals surface area contributed by atoms with Crippen LogP contribution in [0.15, 0.2) is 24.0 Å². The molecule has 0 N–H and O–H groups in total. The molecule has 2 heterocycles. The van der Waals surface area contributed by atoms with Crippen molar-refractivity contribution in [3.05, 3.63) is 24.0 Å². The van der Waals surface area contributed by atoms with Gasteiger partial charge in [0.15, 0.2) is 0 Å². The van der Waals surface area contributed by atoms with Gasteiger partial charge in [0.05, 0.1) is 5.60 Å². The summed E-state index contributed by atoms with van der Waals surface area (Å²) in [7, 11) is -6.95. The molecule has 14 heteroatoms. The SMILES string of the molecule is C[C@]12C=C[C@](C)(CC(OS(=O)(=O)C(F)(F)C(F)(F)C(F)(F)C(F)(F)F)=C1)O2. The quantitative estimate of drug-likeness (QED) is 0.371. The molecule has 156 valence electrons. The van der Waals surface area contributed by atoms with Crippen LogP contribution in [0.2, 0.25) is 0 Å². The van der Waals surface area contributed by atoms with E-state index in [0.29, 0.717) is 0 Å². The molecule has 0 fully saturated rings. The summed E-state index contributed by atoms with van der Waals surface area (Å²) < 4.78 is 148. The van der Waals surface area contributed by atoms with E-state index >= 15 is 0 Å². The molecule has 0 amide bonds. The van der Waals surface area contributed by atoms with E-state index in [0.717, 1.165) is 6.08 Å². The summed E-state index contributed by atoms with van der Waals surface area (Å²) in [6, 6.07) is 0. The maximum atomic E-state index is 13.6. The van der Waals surface area contributed by atoms with Gasteiger partial charge in [-0.15, -0.1) is 0 Å². The standard InChI is InChI=1S/C13H11F9O4S/c1-8-3-4-9(2,26-8)6-7(5-8)25-27(23,24)13(21,22)11(16,17)10(14,15)12(18,19)20/h3-5H,6H2,1-2H3/t8-,9+/m0/s1. The number of hydrogen-bond acceptors (Lipinski definition) is 4. The maximum Gasteiger partial charge on any atom is 0.460 e. The molecule has 2 atom stereocenters. The van der Waals surface area contributed by atoms with Crippen molar-refractivity contribution in [1.82, 2.24) is 0 Å². The van der Waals surface area contributed by atoms with Gasteiger partial charge in [-0.2, -0.15) is 47.9 Å². The molecule has 27 heavy (non-hydrogen) atoms. The zero-order valence-corrected chi connectivity index (χ0v) is 14.2. The van der Waals surface area contributed by atoms with Crippen molar-refractivity contribution in [3.63, 3.8) is 0 Å². The van der Waals surface area contributed by atoms with Crippen LogP contribution in [0.5, 0.6) is 0 Å². The van der Waals surface area contributed by atoms with Crippen LogP contribution in [-0.2, 0) is 19.0 Å². The number of halogens is 9. The van der Waals surface area contributed by atoms with E-state index in [2.05, 4.69) is 4.18 Å². The van der Waals surface area contributed by atoms with E-state index in [1.807, 2.05) is 0 Å². The van der Waals surface area contributed by atoms with E-state index in [4.69, 9.17) is 4.74 Å². The second-order valence-electron chi connectivity index (χ2n) is 6.42. The molecule has 2 rings (SSSR count). The molecular weight excluding hydrogens is 423 g/mol. The third-order valence-corrected chi connectivity index (χ3v) is 5.16. The molecule has 2 aliphatic heterocycles. The first kappa shape index (κ1) is 21.9. The van der Waals surface area contributed by atoms with Crippen molar-refractivity contribution in [2.75, 3.05) is 0 Å². The Labute approximate surface area is 146 Å². The van der Waals surface area contributed by atoms with Crippen LogP contribution in [0.25, 0.3) is 0 Å². The van der Waals surface area contributed by atoms with Crippen molar-refractivity contribution >= 4 is 10.1 Å². The first-order chi connectivity index (χ1) is 11.7. The van der Waals surface area contributed by atoms with Gasteiger partial charge in [0.2, 0.25) is 0 Å². The Morgan fingerprint density at radius 1 is 0.963 bits per heavy atom. The summed E-state index contributed by atoms with van der Waals surface area (Å²) in [6.07, 6.45) is -4.17. The lowest BCUT2D eigenvalue weighted by Gasteiger charge is -2.36. The predicted molar refractivity (Wildman–Crippen MR) is 70.6 cm³/mol. The number of alkyl halides is 9. The second kappa shape index (κ2) is 5.55. The average molecular weight is 434 g/mol. The molecule has 0 aromatic heterocycles. The lowest BCUT2D eigenvalue weighted by Crippen LogP contribution is -2.63. The third kappa shape index (κ3) is 3.19. The molecule has 0 saturated carbocycles. The highest BCUT2D eigenvalue weighted by atomic mass is 32.2.